The van der Waals surface area contributed by atoms with Crippen LogP contribution in [0, 0.1) is 12.8 Å². The minimum Gasteiger partial charge on any atom is -0.492 e. The summed E-state index contributed by atoms with van der Waals surface area (Å²) in [5.74, 6) is 0.702. The van der Waals surface area contributed by atoms with Crippen molar-refractivity contribution >= 4 is 5.97 Å². The molecule has 0 amide bonds. The average Bonchev–Trinajstić information content (AvgIpc) is 2.41. The number of hydrogen-bond acceptors (Lipinski definition) is 3. The van der Waals surface area contributed by atoms with Gasteiger partial charge in [0.15, 0.2) is 0 Å². The van der Waals surface area contributed by atoms with Gasteiger partial charge in [0.2, 0.25) is 0 Å². The zero-order valence-electron chi connectivity index (χ0n) is 12.3. The van der Waals surface area contributed by atoms with E-state index in [-0.39, 0.29) is 0 Å². The number of nitrogens with zero attached hydrogens (tertiary/aromatic N) is 1. The van der Waals surface area contributed by atoms with Crippen molar-refractivity contribution in [2.45, 2.75) is 26.7 Å². The van der Waals surface area contributed by atoms with Gasteiger partial charge in [0.25, 0.3) is 0 Å². The van der Waals surface area contributed by atoms with Crippen LogP contribution >= 0.6 is 0 Å². The third kappa shape index (κ3) is 3.97. The molecule has 1 aliphatic rings. The number of likely N-dealkylation sites (tertiary alicyclic amines) is 1. The van der Waals surface area contributed by atoms with Gasteiger partial charge in [-0.25, -0.2) is 4.79 Å². The number of carbonyl (C=O) groups is 1. The zero-order chi connectivity index (χ0) is 14.5. The summed E-state index contributed by atoms with van der Waals surface area (Å²) in [4.78, 5) is 13.4. The first-order valence-corrected chi connectivity index (χ1v) is 7.25. The van der Waals surface area contributed by atoms with Gasteiger partial charge in [-0.15, -0.1) is 0 Å². The molecule has 0 aromatic heterocycles. The highest BCUT2D eigenvalue weighted by Crippen LogP contribution is 2.18. The maximum Gasteiger partial charge on any atom is 0.335 e. The van der Waals surface area contributed by atoms with Gasteiger partial charge in [-0.3, -0.25) is 4.90 Å². The van der Waals surface area contributed by atoms with Gasteiger partial charge < -0.3 is 9.84 Å². The third-order valence-corrected chi connectivity index (χ3v) is 3.98. The number of piperidine rings is 1. The van der Waals surface area contributed by atoms with Crippen LogP contribution < -0.4 is 4.74 Å². The van der Waals surface area contributed by atoms with Gasteiger partial charge in [-0.2, -0.15) is 0 Å². The minimum atomic E-state index is -0.892. The lowest BCUT2D eigenvalue weighted by atomic mass is 9.99. The summed E-state index contributed by atoms with van der Waals surface area (Å²) in [6.45, 7) is 8.00. The Morgan fingerprint density at radius 3 is 2.70 bits per heavy atom. The van der Waals surface area contributed by atoms with Crippen molar-refractivity contribution in [1.82, 2.24) is 4.90 Å². The Morgan fingerprint density at radius 2 is 2.10 bits per heavy atom. The molecular weight excluding hydrogens is 254 g/mol. The molecule has 1 aliphatic heterocycles. The molecule has 1 aromatic carbocycles. The van der Waals surface area contributed by atoms with Crippen LogP contribution in [0.1, 0.15) is 35.7 Å². The fraction of sp³-hybridized carbons (Fsp3) is 0.562. The third-order valence-electron chi connectivity index (χ3n) is 3.98. The second kappa shape index (κ2) is 6.75. The molecule has 4 nitrogen and oxygen atoms in total. The summed E-state index contributed by atoms with van der Waals surface area (Å²) in [7, 11) is 0. The average molecular weight is 277 g/mol. The van der Waals surface area contributed by atoms with Crippen LogP contribution in [-0.4, -0.2) is 42.2 Å². The molecule has 1 aromatic rings. The van der Waals surface area contributed by atoms with Crippen molar-refractivity contribution < 1.29 is 14.6 Å². The fourth-order valence-corrected chi connectivity index (χ4v) is 2.54. The van der Waals surface area contributed by atoms with Crippen LogP contribution in [0.4, 0.5) is 0 Å². The quantitative estimate of drug-likeness (QED) is 0.899. The van der Waals surface area contributed by atoms with Gasteiger partial charge in [-0.05, 0) is 62.5 Å². The van der Waals surface area contributed by atoms with Gasteiger partial charge in [0, 0.05) is 6.54 Å². The lowest BCUT2D eigenvalue weighted by Crippen LogP contribution is -2.35. The molecule has 110 valence electrons. The van der Waals surface area contributed by atoms with E-state index in [1.165, 1.54) is 12.8 Å². The summed E-state index contributed by atoms with van der Waals surface area (Å²) < 4.78 is 5.72. The molecule has 1 fully saturated rings. The number of rotatable bonds is 5. The van der Waals surface area contributed by atoms with Crippen LogP contribution in [0.5, 0.6) is 5.75 Å². The molecule has 0 bridgehead atoms. The van der Waals surface area contributed by atoms with E-state index < -0.39 is 5.97 Å². The van der Waals surface area contributed by atoms with E-state index in [1.807, 2.05) is 0 Å². The van der Waals surface area contributed by atoms with Crippen molar-refractivity contribution in [3.8, 4) is 5.75 Å². The molecule has 0 spiro atoms. The molecule has 20 heavy (non-hydrogen) atoms. The summed E-state index contributed by atoms with van der Waals surface area (Å²) in [5.41, 5.74) is 1.07. The molecule has 0 aliphatic carbocycles. The Kier molecular flexibility index (Phi) is 5.01. The predicted molar refractivity (Wildman–Crippen MR) is 78.5 cm³/mol. The normalized spacial score (nSPS) is 17.1. The van der Waals surface area contributed by atoms with Crippen molar-refractivity contribution in [2.75, 3.05) is 26.2 Å². The molecule has 0 radical (unpaired) electrons. The molecule has 4 heteroatoms. The zero-order valence-corrected chi connectivity index (χ0v) is 12.3. The first-order chi connectivity index (χ1) is 9.56. The molecule has 0 unspecified atom stereocenters. The van der Waals surface area contributed by atoms with E-state index in [9.17, 15) is 4.79 Å². The number of benzene rings is 1. The lowest BCUT2D eigenvalue weighted by Gasteiger charge is -2.29. The summed E-state index contributed by atoms with van der Waals surface area (Å²) in [5, 5.41) is 8.98. The second-order valence-corrected chi connectivity index (χ2v) is 5.65. The summed E-state index contributed by atoms with van der Waals surface area (Å²) in [6.07, 6.45) is 2.54. The van der Waals surface area contributed by atoms with Gasteiger partial charge >= 0.3 is 5.97 Å². The standard InChI is InChI=1S/C16H23NO3/c1-12-5-7-17(8-6-12)9-10-20-14-3-4-15(16(18)19)13(2)11-14/h3-4,11-12H,5-10H2,1-2H3,(H,18,19). The van der Waals surface area contributed by atoms with Crippen molar-refractivity contribution in [3.63, 3.8) is 0 Å². The van der Waals surface area contributed by atoms with Gasteiger partial charge in [0.1, 0.15) is 12.4 Å². The Hall–Kier alpha value is -1.55. The van der Waals surface area contributed by atoms with Gasteiger partial charge in [0.05, 0.1) is 5.56 Å². The topological polar surface area (TPSA) is 49.8 Å². The van der Waals surface area contributed by atoms with Crippen LogP contribution in [0.25, 0.3) is 0 Å². The molecule has 1 N–H and O–H groups in total. The Labute approximate surface area is 120 Å². The van der Waals surface area contributed by atoms with E-state index >= 15 is 0 Å². The number of carboxylic acid groups (broad SMARTS) is 1. The van der Waals surface area contributed by atoms with Gasteiger partial charge in [-0.1, -0.05) is 6.92 Å². The number of carboxylic acids is 1. The van der Waals surface area contributed by atoms with E-state index in [0.717, 1.165) is 36.9 Å². The monoisotopic (exact) mass is 277 g/mol. The summed E-state index contributed by atoms with van der Waals surface area (Å²) >= 11 is 0. The molecule has 0 saturated carbocycles. The summed E-state index contributed by atoms with van der Waals surface area (Å²) in [6, 6.07) is 5.13. The van der Waals surface area contributed by atoms with E-state index in [4.69, 9.17) is 9.84 Å². The van der Waals surface area contributed by atoms with Crippen LogP contribution in [0.15, 0.2) is 18.2 Å². The van der Waals surface area contributed by atoms with E-state index in [1.54, 1.807) is 25.1 Å². The van der Waals surface area contributed by atoms with Crippen molar-refractivity contribution in [2.24, 2.45) is 5.92 Å². The fourth-order valence-electron chi connectivity index (χ4n) is 2.54. The first-order valence-electron chi connectivity index (χ1n) is 7.25. The maximum atomic E-state index is 10.9. The minimum absolute atomic E-state index is 0.336. The molecule has 1 saturated heterocycles. The smallest absolute Gasteiger partial charge is 0.335 e. The number of ether oxygens (including phenoxy) is 1. The molecule has 1 heterocycles. The second-order valence-electron chi connectivity index (χ2n) is 5.65. The number of hydrogen-bond donors (Lipinski definition) is 1. The highest BCUT2D eigenvalue weighted by molar-refractivity contribution is 5.89. The van der Waals surface area contributed by atoms with Crippen LogP contribution in [0.2, 0.25) is 0 Å². The van der Waals surface area contributed by atoms with E-state index in [0.29, 0.717) is 12.2 Å². The molecule has 0 atom stereocenters. The Bertz CT molecular complexity index is 465. The number of aromatic carboxylic acids is 1. The van der Waals surface area contributed by atoms with Crippen molar-refractivity contribution in [1.29, 1.82) is 0 Å². The highest BCUT2D eigenvalue weighted by atomic mass is 16.5. The Morgan fingerprint density at radius 1 is 1.40 bits per heavy atom. The number of aryl methyl sites for hydroxylation is 1. The molecule has 2 rings (SSSR count). The largest absolute Gasteiger partial charge is 0.492 e. The SMILES string of the molecule is Cc1cc(OCCN2CCC(C)CC2)ccc1C(=O)O. The van der Waals surface area contributed by atoms with Crippen molar-refractivity contribution in [3.05, 3.63) is 29.3 Å². The predicted octanol–water partition coefficient (Wildman–Crippen LogP) is 2.80. The molecular formula is C16H23NO3. The van der Waals surface area contributed by atoms with Crippen LogP contribution in [0.3, 0.4) is 0 Å². The lowest BCUT2D eigenvalue weighted by molar-refractivity contribution is 0.0696. The Balaban J connectivity index is 1.79. The maximum absolute atomic E-state index is 10.9. The van der Waals surface area contributed by atoms with E-state index in [2.05, 4.69) is 11.8 Å². The van der Waals surface area contributed by atoms with Crippen LogP contribution in [-0.2, 0) is 0 Å². The first kappa shape index (κ1) is 14.9. The highest BCUT2D eigenvalue weighted by Gasteiger charge is 2.15.